The largest absolute Gasteiger partial charge is 0.488 e. The van der Waals surface area contributed by atoms with Gasteiger partial charge in [-0.15, -0.1) is 10.2 Å². The van der Waals surface area contributed by atoms with Crippen LogP contribution in [0.1, 0.15) is 17.1 Å². The predicted molar refractivity (Wildman–Crippen MR) is 87.6 cm³/mol. The number of methoxy groups -OCH3 is 1. The first-order valence-corrected chi connectivity index (χ1v) is 7.80. The molecule has 0 radical (unpaired) electrons. The van der Waals surface area contributed by atoms with Gasteiger partial charge < -0.3 is 13.9 Å². The fourth-order valence-corrected chi connectivity index (χ4v) is 2.92. The van der Waals surface area contributed by atoms with Crippen LogP contribution in [0.3, 0.4) is 0 Å². The Bertz CT molecular complexity index is 889. The highest BCUT2D eigenvalue weighted by atomic mass is 16.5. The highest BCUT2D eigenvalue weighted by Crippen LogP contribution is 2.43. The van der Waals surface area contributed by atoms with Gasteiger partial charge in [-0.1, -0.05) is 18.2 Å². The van der Waals surface area contributed by atoms with Crippen LogP contribution >= 0.6 is 0 Å². The van der Waals surface area contributed by atoms with Crippen molar-refractivity contribution in [3.63, 3.8) is 0 Å². The van der Waals surface area contributed by atoms with E-state index >= 15 is 0 Å². The van der Waals surface area contributed by atoms with E-state index in [4.69, 9.17) is 13.9 Å². The van der Waals surface area contributed by atoms with Gasteiger partial charge in [-0.3, -0.25) is 4.98 Å². The van der Waals surface area contributed by atoms with Crippen LogP contribution in [0.5, 0.6) is 5.75 Å². The van der Waals surface area contributed by atoms with Crippen molar-refractivity contribution in [3.05, 3.63) is 47.6 Å². The lowest BCUT2D eigenvalue weighted by Gasteiger charge is -2.22. The van der Waals surface area contributed by atoms with E-state index in [0.717, 1.165) is 33.7 Å². The van der Waals surface area contributed by atoms with Crippen molar-refractivity contribution < 1.29 is 13.9 Å². The van der Waals surface area contributed by atoms with E-state index in [2.05, 4.69) is 15.2 Å². The Morgan fingerprint density at radius 3 is 2.92 bits per heavy atom. The van der Waals surface area contributed by atoms with Crippen LogP contribution in [-0.2, 0) is 17.8 Å². The molecule has 0 saturated carbocycles. The Morgan fingerprint density at radius 2 is 2.04 bits per heavy atom. The number of aromatic nitrogens is 3. The molecule has 0 saturated heterocycles. The molecule has 122 valence electrons. The lowest BCUT2D eigenvalue weighted by molar-refractivity contribution is 0.195. The van der Waals surface area contributed by atoms with Gasteiger partial charge in [0.2, 0.25) is 11.8 Å². The van der Waals surface area contributed by atoms with E-state index in [1.165, 1.54) is 0 Å². The van der Waals surface area contributed by atoms with E-state index in [1.807, 2.05) is 37.4 Å². The van der Waals surface area contributed by atoms with Crippen molar-refractivity contribution in [3.8, 4) is 28.3 Å². The number of nitrogens with zero attached hydrogens (tertiary/aromatic N) is 3. The molecule has 6 heteroatoms. The lowest BCUT2D eigenvalue weighted by Crippen LogP contribution is -2.08. The molecule has 3 aromatic rings. The van der Waals surface area contributed by atoms with Crippen LogP contribution in [0.4, 0.5) is 0 Å². The number of hydrogen-bond donors (Lipinski definition) is 0. The zero-order chi connectivity index (χ0) is 16.5. The summed E-state index contributed by atoms with van der Waals surface area (Å²) in [5.41, 5.74) is 4.83. The van der Waals surface area contributed by atoms with Gasteiger partial charge in [0, 0.05) is 36.4 Å². The summed E-state index contributed by atoms with van der Waals surface area (Å²) >= 11 is 0. The maximum atomic E-state index is 5.85. The van der Waals surface area contributed by atoms with Gasteiger partial charge in [0.05, 0.1) is 17.9 Å². The predicted octanol–water partition coefficient (Wildman–Crippen LogP) is 3.19. The number of aryl methyl sites for hydroxylation is 1. The summed E-state index contributed by atoms with van der Waals surface area (Å²) in [7, 11) is 1.65. The molecule has 2 aromatic heterocycles. The fourth-order valence-electron chi connectivity index (χ4n) is 2.92. The number of rotatable bonds is 4. The Kier molecular flexibility index (Phi) is 3.74. The molecule has 1 aliphatic rings. The zero-order valence-electron chi connectivity index (χ0n) is 13.6. The monoisotopic (exact) mass is 323 g/mol. The Morgan fingerprint density at radius 1 is 1.17 bits per heavy atom. The van der Waals surface area contributed by atoms with Gasteiger partial charge >= 0.3 is 0 Å². The number of pyridine rings is 1. The molecule has 4 rings (SSSR count). The number of para-hydroxylation sites is 1. The molecular weight excluding hydrogens is 306 g/mol. The van der Waals surface area contributed by atoms with E-state index in [-0.39, 0.29) is 0 Å². The number of fused-ring (bicyclic) bond motifs is 3. The molecule has 0 amide bonds. The summed E-state index contributed by atoms with van der Waals surface area (Å²) < 4.78 is 16.7. The van der Waals surface area contributed by atoms with E-state index in [0.29, 0.717) is 31.4 Å². The second-order valence-corrected chi connectivity index (χ2v) is 5.65. The fraction of sp³-hybridized carbons (Fsp3) is 0.278. The maximum Gasteiger partial charge on any atom is 0.250 e. The average Bonchev–Trinajstić information content (AvgIpc) is 3.08. The third-order valence-corrected chi connectivity index (χ3v) is 4.09. The molecule has 1 aromatic carbocycles. The van der Waals surface area contributed by atoms with Crippen molar-refractivity contribution in [1.82, 2.24) is 15.2 Å². The Hall–Kier alpha value is -2.73. The Labute approximate surface area is 139 Å². The van der Waals surface area contributed by atoms with Crippen LogP contribution in [0.2, 0.25) is 0 Å². The summed E-state index contributed by atoms with van der Waals surface area (Å²) in [6.07, 6.45) is 2.44. The van der Waals surface area contributed by atoms with Gasteiger partial charge in [0.25, 0.3) is 0 Å². The molecule has 6 nitrogen and oxygen atoms in total. The highest BCUT2D eigenvalue weighted by molar-refractivity contribution is 5.87. The molecule has 0 N–H and O–H groups in total. The molecule has 0 atom stereocenters. The third-order valence-electron chi connectivity index (χ3n) is 4.09. The first-order chi connectivity index (χ1) is 11.8. The highest BCUT2D eigenvalue weighted by Gasteiger charge is 2.25. The SMILES string of the molecule is COCCc1nnc(-c2c(C)ncc3c2-c2ccccc2OC3)o1. The minimum absolute atomic E-state index is 0.483. The standard InChI is InChI=1S/C18H17N3O3/c1-11-16(18-21-20-15(24-18)7-8-22-2)17-12(9-19-11)10-23-14-6-4-3-5-13(14)17/h3-6,9H,7-8,10H2,1-2H3. The quantitative estimate of drug-likeness (QED) is 0.734. The Balaban J connectivity index is 1.87. The summed E-state index contributed by atoms with van der Waals surface area (Å²) in [5.74, 6) is 1.90. The van der Waals surface area contributed by atoms with Crippen molar-refractivity contribution in [1.29, 1.82) is 0 Å². The first-order valence-electron chi connectivity index (χ1n) is 7.80. The van der Waals surface area contributed by atoms with Gasteiger partial charge in [0.1, 0.15) is 12.4 Å². The molecule has 0 fully saturated rings. The van der Waals surface area contributed by atoms with Crippen molar-refractivity contribution in [2.24, 2.45) is 0 Å². The second-order valence-electron chi connectivity index (χ2n) is 5.65. The van der Waals surface area contributed by atoms with Crippen molar-refractivity contribution in [2.75, 3.05) is 13.7 Å². The second kappa shape index (κ2) is 6.05. The van der Waals surface area contributed by atoms with Crippen LogP contribution in [0.25, 0.3) is 22.6 Å². The molecule has 0 unspecified atom stereocenters. The summed E-state index contributed by atoms with van der Waals surface area (Å²) in [4.78, 5) is 4.48. The molecule has 3 heterocycles. The van der Waals surface area contributed by atoms with Crippen LogP contribution in [0.15, 0.2) is 34.9 Å². The molecule has 0 bridgehead atoms. The van der Waals surface area contributed by atoms with Crippen LogP contribution in [-0.4, -0.2) is 28.9 Å². The smallest absolute Gasteiger partial charge is 0.250 e. The molecule has 0 aliphatic carbocycles. The van der Waals surface area contributed by atoms with Crippen LogP contribution < -0.4 is 4.74 Å². The number of hydrogen-bond acceptors (Lipinski definition) is 6. The van der Waals surface area contributed by atoms with E-state index < -0.39 is 0 Å². The minimum Gasteiger partial charge on any atom is -0.488 e. The molecule has 1 aliphatic heterocycles. The normalized spacial score (nSPS) is 12.4. The van der Waals surface area contributed by atoms with E-state index in [9.17, 15) is 0 Å². The van der Waals surface area contributed by atoms with Gasteiger partial charge in [-0.2, -0.15) is 0 Å². The first kappa shape index (κ1) is 14.8. The lowest BCUT2D eigenvalue weighted by atomic mass is 9.92. The molecular formula is C18H17N3O3. The van der Waals surface area contributed by atoms with Crippen LogP contribution in [0, 0.1) is 6.92 Å². The number of benzene rings is 1. The van der Waals surface area contributed by atoms with Gasteiger partial charge in [-0.25, -0.2) is 0 Å². The minimum atomic E-state index is 0.483. The van der Waals surface area contributed by atoms with Crippen molar-refractivity contribution >= 4 is 0 Å². The molecule has 24 heavy (non-hydrogen) atoms. The summed E-state index contributed by atoms with van der Waals surface area (Å²) in [6, 6.07) is 7.97. The topological polar surface area (TPSA) is 70.3 Å². The maximum absolute atomic E-state index is 5.85. The zero-order valence-corrected chi connectivity index (χ0v) is 13.6. The summed E-state index contributed by atoms with van der Waals surface area (Å²) in [6.45, 7) is 2.98. The number of ether oxygens (including phenoxy) is 2. The summed E-state index contributed by atoms with van der Waals surface area (Å²) in [5, 5.41) is 8.35. The van der Waals surface area contributed by atoms with Gasteiger partial charge in [0.15, 0.2) is 0 Å². The average molecular weight is 323 g/mol. The van der Waals surface area contributed by atoms with E-state index in [1.54, 1.807) is 7.11 Å². The molecule has 0 spiro atoms. The third kappa shape index (κ3) is 2.45. The van der Waals surface area contributed by atoms with Gasteiger partial charge in [-0.05, 0) is 13.0 Å². The van der Waals surface area contributed by atoms with Crippen molar-refractivity contribution in [2.45, 2.75) is 20.0 Å².